The molecule has 0 spiro atoms. The Kier molecular flexibility index (Phi) is 4.25. The number of hydrogen-bond donors (Lipinski definition) is 2. The van der Waals surface area contributed by atoms with Gasteiger partial charge in [-0.2, -0.15) is 0 Å². The molecule has 0 amide bonds. The summed E-state index contributed by atoms with van der Waals surface area (Å²) in [4.78, 5) is 15.5. The topological polar surface area (TPSA) is 93.9 Å². The molecule has 2 rings (SSSR count). The molecule has 2 aromatic rings. The van der Waals surface area contributed by atoms with E-state index in [0.29, 0.717) is 18.9 Å². The van der Waals surface area contributed by atoms with Crippen molar-refractivity contribution < 1.29 is 9.53 Å². The minimum atomic E-state index is -0.545. The number of hydrogen-bond acceptors (Lipinski definition) is 5. The number of nitrogens with zero attached hydrogens (tertiary/aromatic N) is 2. The van der Waals surface area contributed by atoms with Crippen LogP contribution >= 0.6 is 0 Å². The van der Waals surface area contributed by atoms with Crippen molar-refractivity contribution in [1.82, 2.24) is 15.2 Å². The first-order valence-electron chi connectivity index (χ1n) is 6.09. The lowest BCUT2D eigenvalue weighted by molar-refractivity contribution is 0.0512. The lowest BCUT2D eigenvalue weighted by Gasteiger charge is -2.07. The number of carbonyl (C=O) groups is 1. The van der Waals surface area contributed by atoms with Gasteiger partial charge in [0, 0.05) is 0 Å². The van der Waals surface area contributed by atoms with E-state index in [1.807, 2.05) is 30.3 Å². The van der Waals surface area contributed by atoms with Gasteiger partial charge in [-0.05, 0) is 18.9 Å². The van der Waals surface area contributed by atoms with E-state index in [1.54, 1.807) is 6.92 Å². The Morgan fingerprint density at radius 2 is 2.16 bits per heavy atom. The van der Waals surface area contributed by atoms with Crippen LogP contribution in [0.15, 0.2) is 30.3 Å². The number of ether oxygens (including phenoxy) is 1. The van der Waals surface area contributed by atoms with Gasteiger partial charge < -0.3 is 10.5 Å². The molecule has 6 heteroatoms. The number of esters is 1. The van der Waals surface area contributed by atoms with Gasteiger partial charge in [-0.25, -0.2) is 9.78 Å². The Labute approximate surface area is 111 Å². The third kappa shape index (κ3) is 3.38. The monoisotopic (exact) mass is 260 g/mol. The average Bonchev–Trinajstić information content (AvgIpc) is 2.90. The highest BCUT2D eigenvalue weighted by Gasteiger charge is 2.17. The highest BCUT2D eigenvalue weighted by molar-refractivity contribution is 5.84. The summed E-state index contributed by atoms with van der Waals surface area (Å²) in [6.07, 6.45) is 0.623. The number of aromatic amines is 1. The molecule has 0 aliphatic rings. The van der Waals surface area contributed by atoms with Crippen LogP contribution < -0.4 is 5.73 Å². The van der Waals surface area contributed by atoms with Crippen molar-refractivity contribution in [3.63, 3.8) is 0 Å². The van der Waals surface area contributed by atoms with Gasteiger partial charge >= 0.3 is 5.97 Å². The molecule has 1 aromatic carbocycles. The van der Waals surface area contributed by atoms with E-state index in [9.17, 15) is 4.79 Å². The summed E-state index contributed by atoms with van der Waals surface area (Å²) >= 11 is 0. The van der Waals surface area contributed by atoms with Crippen LogP contribution in [-0.4, -0.2) is 27.8 Å². The normalized spacial score (nSPS) is 12.1. The molecule has 1 heterocycles. The molecule has 0 saturated heterocycles. The number of carbonyl (C=O) groups excluding carboxylic acids is 1. The van der Waals surface area contributed by atoms with E-state index < -0.39 is 5.97 Å². The van der Waals surface area contributed by atoms with E-state index in [4.69, 9.17) is 10.5 Å². The molecular formula is C13H16N4O2. The fourth-order valence-corrected chi connectivity index (χ4v) is 1.69. The van der Waals surface area contributed by atoms with Crippen LogP contribution in [0.2, 0.25) is 0 Å². The second-order valence-electron chi connectivity index (χ2n) is 4.06. The molecule has 0 aliphatic carbocycles. The van der Waals surface area contributed by atoms with Crippen LogP contribution in [-0.2, 0) is 11.2 Å². The Morgan fingerprint density at radius 1 is 1.42 bits per heavy atom. The number of aromatic nitrogens is 3. The van der Waals surface area contributed by atoms with Crippen LogP contribution in [0.1, 0.15) is 35.0 Å². The molecule has 0 aliphatic heterocycles. The summed E-state index contributed by atoms with van der Waals surface area (Å²) in [5.41, 5.74) is 7.13. The first-order chi connectivity index (χ1) is 9.20. The number of nitrogens with two attached hydrogens (primary N) is 1. The van der Waals surface area contributed by atoms with E-state index in [1.165, 1.54) is 0 Å². The predicted molar refractivity (Wildman–Crippen MR) is 69.4 cm³/mol. The van der Waals surface area contributed by atoms with Crippen molar-refractivity contribution in [2.45, 2.75) is 19.4 Å². The van der Waals surface area contributed by atoms with Gasteiger partial charge in [0.2, 0.25) is 0 Å². The fourth-order valence-electron chi connectivity index (χ4n) is 1.69. The maximum absolute atomic E-state index is 11.4. The zero-order valence-electron chi connectivity index (χ0n) is 10.7. The molecule has 3 N–H and O–H groups in total. The van der Waals surface area contributed by atoms with Crippen molar-refractivity contribution >= 4 is 5.97 Å². The van der Waals surface area contributed by atoms with Crippen molar-refractivity contribution in [3.05, 3.63) is 47.5 Å². The SMILES string of the molecule is CCOC(=O)c1n[nH]c([C@H](N)Cc2ccccc2)n1. The van der Waals surface area contributed by atoms with E-state index >= 15 is 0 Å². The zero-order valence-corrected chi connectivity index (χ0v) is 10.7. The number of nitrogens with one attached hydrogen (secondary N) is 1. The van der Waals surface area contributed by atoms with Crippen molar-refractivity contribution in [3.8, 4) is 0 Å². The largest absolute Gasteiger partial charge is 0.460 e. The molecular weight excluding hydrogens is 244 g/mol. The molecule has 0 fully saturated rings. The van der Waals surface area contributed by atoms with E-state index in [-0.39, 0.29) is 11.9 Å². The minimum Gasteiger partial charge on any atom is -0.460 e. The third-order valence-electron chi connectivity index (χ3n) is 2.61. The van der Waals surface area contributed by atoms with Crippen molar-refractivity contribution in [2.24, 2.45) is 5.73 Å². The Morgan fingerprint density at radius 3 is 2.84 bits per heavy atom. The molecule has 0 bridgehead atoms. The van der Waals surface area contributed by atoms with Gasteiger partial charge in [0.05, 0.1) is 12.6 Å². The van der Waals surface area contributed by atoms with Crippen LogP contribution in [0.4, 0.5) is 0 Å². The Balaban J connectivity index is 2.04. The third-order valence-corrected chi connectivity index (χ3v) is 2.61. The summed E-state index contributed by atoms with van der Waals surface area (Å²) in [6, 6.07) is 9.49. The lowest BCUT2D eigenvalue weighted by atomic mass is 10.1. The summed E-state index contributed by atoms with van der Waals surface area (Å²) in [5.74, 6) is -0.0517. The van der Waals surface area contributed by atoms with E-state index in [0.717, 1.165) is 5.56 Å². The number of rotatable bonds is 5. The molecule has 0 saturated carbocycles. The average molecular weight is 260 g/mol. The molecule has 6 nitrogen and oxygen atoms in total. The summed E-state index contributed by atoms with van der Waals surface area (Å²) in [6.45, 7) is 2.02. The molecule has 0 unspecified atom stereocenters. The second kappa shape index (κ2) is 6.10. The molecule has 19 heavy (non-hydrogen) atoms. The van der Waals surface area contributed by atoms with Crippen molar-refractivity contribution in [1.29, 1.82) is 0 Å². The zero-order chi connectivity index (χ0) is 13.7. The van der Waals surface area contributed by atoms with Gasteiger partial charge in [0.25, 0.3) is 5.82 Å². The van der Waals surface area contributed by atoms with E-state index in [2.05, 4.69) is 15.2 Å². The molecule has 1 atom stereocenters. The molecule has 100 valence electrons. The lowest BCUT2D eigenvalue weighted by Crippen LogP contribution is -2.15. The first kappa shape index (κ1) is 13.2. The molecule has 0 radical (unpaired) electrons. The maximum Gasteiger partial charge on any atom is 0.378 e. The van der Waals surface area contributed by atoms with Gasteiger partial charge in [0.15, 0.2) is 0 Å². The van der Waals surface area contributed by atoms with Gasteiger partial charge in [-0.1, -0.05) is 30.3 Å². The van der Waals surface area contributed by atoms with Gasteiger partial charge in [0.1, 0.15) is 5.82 Å². The standard InChI is InChI=1S/C13H16N4O2/c1-2-19-13(18)12-15-11(16-17-12)10(14)8-9-6-4-3-5-7-9/h3-7,10H,2,8,14H2,1H3,(H,15,16,17)/t10-/m1/s1. The van der Waals surface area contributed by atoms with Crippen LogP contribution in [0, 0.1) is 0 Å². The van der Waals surface area contributed by atoms with Crippen molar-refractivity contribution in [2.75, 3.05) is 6.61 Å². The summed E-state index contributed by atoms with van der Waals surface area (Å²) in [7, 11) is 0. The number of benzene rings is 1. The number of H-pyrrole nitrogens is 1. The highest BCUT2D eigenvalue weighted by Crippen LogP contribution is 2.12. The molecule has 1 aromatic heterocycles. The Hall–Kier alpha value is -2.21. The Bertz CT molecular complexity index is 539. The van der Waals surface area contributed by atoms with Gasteiger partial charge in [-0.3, -0.25) is 5.10 Å². The van der Waals surface area contributed by atoms with Crippen LogP contribution in [0.25, 0.3) is 0 Å². The van der Waals surface area contributed by atoms with Crippen LogP contribution in [0.3, 0.4) is 0 Å². The quantitative estimate of drug-likeness (QED) is 0.788. The summed E-state index contributed by atoms with van der Waals surface area (Å²) in [5, 5.41) is 6.48. The highest BCUT2D eigenvalue weighted by atomic mass is 16.5. The minimum absolute atomic E-state index is 0.0142. The summed E-state index contributed by atoms with van der Waals surface area (Å²) < 4.78 is 4.81. The van der Waals surface area contributed by atoms with Gasteiger partial charge in [-0.15, -0.1) is 5.10 Å². The predicted octanol–water partition coefficient (Wildman–Crippen LogP) is 1.22. The second-order valence-corrected chi connectivity index (χ2v) is 4.06. The smallest absolute Gasteiger partial charge is 0.378 e. The fraction of sp³-hybridized carbons (Fsp3) is 0.308. The first-order valence-corrected chi connectivity index (χ1v) is 6.09. The van der Waals surface area contributed by atoms with Crippen LogP contribution in [0.5, 0.6) is 0 Å². The maximum atomic E-state index is 11.4.